The molecule has 0 radical (unpaired) electrons. The minimum absolute atomic E-state index is 0.203. The summed E-state index contributed by atoms with van der Waals surface area (Å²) in [6.45, 7) is 0.858. The van der Waals surface area contributed by atoms with Gasteiger partial charge in [-0.05, 0) is 61.7 Å². The summed E-state index contributed by atoms with van der Waals surface area (Å²) in [5, 5.41) is 9.15. The fraction of sp³-hybridized carbons (Fsp3) is 0.733. The van der Waals surface area contributed by atoms with Crippen LogP contribution in [0.3, 0.4) is 0 Å². The van der Waals surface area contributed by atoms with Gasteiger partial charge in [0.15, 0.2) is 0 Å². The van der Waals surface area contributed by atoms with Crippen LogP contribution >= 0.6 is 0 Å². The van der Waals surface area contributed by atoms with Gasteiger partial charge in [-0.1, -0.05) is 0 Å². The quantitative estimate of drug-likeness (QED) is 0.909. The average molecular weight is 260 g/mol. The van der Waals surface area contributed by atoms with E-state index in [0.717, 1.165) is 30.2 Å². The molecule has 4 aliphatic rings. The third-order valence-corrected chi connectivity index (χ3v) is 5.74. The molecule has 0 spiro atoms. The number of imidazole rings is 1. The molecule has 1 aromatic rings. The number of carboxylic acid groups (broad SMARTS) is 1. The Morgan fingerprint density at radius 3 is 2.42 bits per heavy atom. The summed E-state index contributed by atoms with van der Waals surface area (Å²) in [4.78, 5) is 15.1. The Balaban J connectivity index is 1.57. The maximum Gasteiger partial charge on any atom is 0.372 e. The number of hydrogen-bond acceptors (Lipinski definition) is 2. The van der Waals surface area contributed by atoms with E-state index in [9.17, 15) is 4.79 Å². The summed E-state index contributed by atoms with van der Waals surface area (Å²) in [5.74, 6) is 3.59. The molecule has 0 aromatic carbocycles. The second kappa shape index (κ2) is 4.09. The monoisotopic (exact) mass is 260 g/mol. The largest absolute Gasteiger partial charge is 0.475 e. The standard InChI is InChI=1S/C15H20N2O2/c18-15(19)14-16-1-2-17(14)8-13-11-4-9-3-10(6-11)7-12(13)5-9/h1-2,9-13H,3-8H2,(H,18,19). The maximum atomic E-state index is 11.1. The third-order valence-electron chi connectivity index (χ3n) is 5.74. The van der Waals surface area contributed by atoms with Crippen LogP contribution in [0, 0.1) is 29.6 Å². The zero-order valence-corrected chi connectivity index (χ0v) is 11.0. The van der Waals surface area contributed by atoms with E-state index < -0.39 is 5.97 Å². The second-order valence-corrected chi connectivity index (χ2v) is 6.80. The fourth-order valence-electron chi connectivity index (χ4n) is 5.22. The van der Waals surface area contributed by atoms with Gasteiger partial charge in [-0.2, -0.15) is 0 Å². The number of carbonyl (C=O) groups is 1. The number of hydrogen-bond donors (Lipinski definition) is 1. The van der Waals surface area contributed by atoms with Crippen molar-refractivity contribution < 1.29 is 9.90 Å². The molecule has 1 heterocycles. The highest BCUT2D eigenvalue weighted by Crippen LogP contribution is 2.56. The fourth-order valence-corrected chi connectivity index (χ4v) is 5.22. The van der Waals surface area contributed by atoms with Crippen molar-refractivity contribution in [3.63, 3.8) is 0 Å². The maximum absolute atomic E-state index is 11.1. The highest BCUT2D eigenvalue weighted by atomic mass is 16.4. The van der Waals surface area contributed by atoms with Gasteiger partial charge in [-0.3, -0.25) is 0 Å². The van der Waals surface area contributed by atoms with Crippen LogP contribution in [0.1, 0.15) is 42.7 Å². The number of rotatable bonds is 3. The molecule has 4 heteroatoms. The first-order valence-electron chi connectivity index (χ1n) is 7.45. The molecule has 102 valence electrons. The lowest BCUT2D eigenvalue weighted by molar-refractivity contribution is -0.0433. The van der Waals surface area contributed by atoms with Crippen LogP contribution in [-0.2, 0) is 6.54 Å². The van der Waals surface area contributed by atoms with Gasteiger partial charge in [0, 0.05) is 18.9 Å². The molecule has 4 nitrogen and oxygen atoms in total. The van der Waals surface area contributed by atoms with Gasteiger partial charge in [0.05, 0.1) is 0 Å². The van der Waals surface area contributed by atoms with Crippen LogP contribution in [0.25, 0.3) is 0 Å². The van der Waals surface area contributed by atoms with Crippen LogP contribution in [0.5, 0.6) is 0 Å². The van der Waals surface area contributed by atoms with Gasteiger partial charge < -0.3 is 9.67 Å². The molecule has 4 saturated carbocycles. The van der Waals surface area contributed by atoms with Gasteiger partial charge in [0.1, 0.15) is 0 Å². The van der Waals surface area contributed by atoms with Gasteiger partial charge in [-0.15, -0.1) is 0 Å². The molecule has 19 heavy (non-hydrogen) atoms. The summed E-state index contributed by atoms with van der Waals surface area (Å²) in [7, 11) is 0. The molecule has 4 bridgehead atoms. The van der Waals surface area contributed by atoms with E-state index in [0.29, 0.717) is 5.92 Å². The number of nitrogens with zero attached hydrogens (tertiary/aromatic N) is 2. The molecular weight excluding hydrogens is 240 g/mol. The minimum Gasteiger partial charge on any atom is -0.475 e. The Labute approximate surface area is 112 Å². The molecular formula is C15H20N2O2. The Morgan fingerprint density at radius 1 is 1.21 bits per heavy atom. The van der Waals surface area contributed by atoms with Crippen LogP contribution < -0.4 is 0 Å². The molecule has 1 N–H and O–H groups in total. The van der Waals surface area contributed by atoms with Crippen LogP contribution in [0.2, 0.25) is 0 Å². The van der Waals surface area contributed by atoms with Crippen molar-refractivity contribution in [3.05, 3.63) is 18.2 Å². The smallest absolute Gasteiger partial charge is 0.372 e. The van der Waals surface area contributed by atoms with E-state index in [4.69, 9.17) is 5.11 Å². The highest BCUT2D eigenvalue weighted by molar-refractivity contribution is 5.83. The molecule has 4 aliphatic carbocycles. The predicted molar refractivity (Wildman–Crippen MR) is 69.7 cm³/mol. The van der Waals surface area contributed by atoms with E-state index in [1.165, 1.54) is 32.1 Å². The Morgan fingerprint density at radius 2 is 1.84 bits per heavy atom. The predicted octanol–water partition coefficient (Wildman–Crippen LogP) is 2.65. The van der Waals surface area contributed by atoms with Crippen molar-refractivity contribution in [2.24, 2.45) is 29.6 Å². The lowest BCUT2D eigenvalue weighted by Gasteiger charge is -2.54. The third kappa shape index (κ3) is 1.80. The van der Waals surface area contributed by atoms with Crippen LogP contribution in [0.15, 0.2) is 12.4 Å². The number of aromatic nitrogens is 2. The molecule has 0 amide bonds. The minimum atomic E-state index is -0.909. The Bertz CT molecular complexity index is 480. The topological polar surface area (TPSA) is 55.1 Å². The van der Waals surface area contributed by atoms with Crippen molar-refractivity contribution in [3.8, 4) is 0 Å². The average Bonchev–Trinajstić information content (AvgIpc) is 2.81. The zero-order chi connectivity index (χ0) is 13.0. The summed E-state index contributed by atoms with van der Waals surface area (Å²) >= 11 is 0. The van der Waals surface area contributed by atoms with Crippen molar-refractivity contribution in [1.82, 2.24) is 9.55 Å². The van der Waals surface area contributed by atoms with Crippen LogP contribution in [-0.4, -0.2) is 20.6 Å². The highest BCUT2D eigenvalue weighted by Gasteiger charge is 2.48. The van der Waals surface area contributed by atoms with Crippen LogP contribution in [0.4, 0.5) is 0 Å². The van der Waals surface area contributed by atoms with Gasteiger partial charge >= 0.3 is 5.97 Å². The molecule has 4 fully saturated rings. The van der Waals surface area contributed by atoms with Crippen molar-refractivity contribution in [1.29, 1.82) is 0 Å². The first-order chi connectivity index (χ1) is 9.20. The Kier molecular flexibility index (Phi) is 2.47. The number of aromatic carboxylic acids is 1. The van der Waals surface area contributed by atoms with Gasteiger partial charge in [0.2, 0.25) is 5.82 Å². The molecule has 0 aliphatic heterocycles. The van der Waals surface area contributed by atoms with E-state index in [1.807, 2.05) is 10.8 Å². The summed E-state index contributed by atoms with van der Waals surface area (Å²) in [5.41, 5.74) is 0. The summed E-state index contributed by atoms with van der Waals surface area (Å²) < 4.78 is 1.86. The van der Waals surface area contributed by atoms with Gasteiger partial charge in [0.25, 0.3) is 0 Å². The Hall–Kier alpha value is -1.32. The van der Waals surface area contributed by atoms with Crippen molar-refractivity contribution in [2.45, 2.75) is 38.6 Å². The summed E-state index contributed by atoms with van der Waals surface area (Å²) in [6.07, 6.45) is 10.4. The molecule has 5 rings (SSSR count). The van der Waals surface area contributed by atoms with Crippen molar-refractivity contribution in [2.75, 3.05) is 0 Å². The molecule has 0 atom stereocenters. The number of carboxylic acids is 1. The normalized spacial score (nSPS) is 39.7. The van der Waals surface area contributed by atoms with Gasteiger partial charge in [-0.25, -0.2) is 9.78 Å². The summed E-state index contributed by atoms with van der Waals surface area (Å²) in [6, 6.07) is 0. The zero-order valence-electron chi connectivity index (χ0n) is 11.0. The van der Waals surface area contributed by atoms with E-state index in [1.54, 1.807) is 6.20 Å². The van der Waals surface area contributed by atoms with E-state index >= 15 is 0 Å². The second-order valence-electron chi connectivity index (χ2n) is 6.80. The molecule has 0 unspecified atom stereocenters. The van der Waals surface area contributed by atoms with E-state index in [2.05, 4.69) is 4.98 Å². The lowest BCUT2D eigenvalue weighted by Crippen LogP contribution is -2.46. The first-order valence-corrected chi connectivity index (χ1v) is 7.45. The SMILES string of the molecule is O=C(O)c1nccn1CC1C2CC3CC(C2)CC1C3. The molecule has 1 aromatic heterocycles. The van der Waals surface area contributed by atoms with E-state index in [-0.39, 0.29) is 5.82 Å². The van der Waals surface area contributed by atoms with Crippen molar-refractivity contribution >= 4 is 5.97 Å². The first kappa shape index (κ1) is 11.5. The lowest BCUT2D eigenvalue weighted by atomic mass is 9.52. The molecule has 0 saturated heterocycles.